The van der Waals surface area contributed by atoms with Crippen LogP contribution in [0.25, 0.3) is 0 Å². The summed E-state index contributed by atoms with van der Waals surface area (Å²) >= 11 is 5.67. The first kappa shape index (κ1) is 15.4. The predicted molar refractivity (Wildman–Crippen MR) is 78.2 cm³/mol. The minimum atomic E-state index is -3.70. The van der Waals surface area contributed by atoms with E-state index in [-0.39, 0.29) is 16.6 Å². The van der Waals surface area contributed by atoms with Gasteiger partial charge in [0.15, 0.2) is 0 Å². The summed E-state index contributed by atoms with van der Waals surface area (Å²) in [7, 11) is -3.70. The van der Waals surface area contributed by atoms with Gasteiger partial charge in [-0.1, -0.05) is 23.7 Å². The van der Waals surface area contributed by atoms with Crippen molar-refractivity contribution in [1.29, 1.82) is 0 Å². The van der Waals surface area contributed by atoms with Gasteiger partial charge in [0.1, 0.15) is 5.15 Å². The van der Waals surface area contributed by atoms with Crippen molar-refractivity contribution < 1.29 is 13.2 Å². The molecule has 0 saturated heterocycles. The van der Waals surface area contributed by atoms with Crippen molar-refractivity contribution in [1.82, 2.24) is 9.71 Å². The fourth-order valence-electron chi connectivity index (χ4n) is 1.65. The molecule has 0 atom stereocenters. The zero-order chi connectivity index (χ0) is 15.5. The minimum Gasteiger partial charge on any atom is -0.366 e. The number of nitrogens with zero attached hydrogens (tertiary/aromatic N) is 1. The first-order chi connectivity index (χ1) is 9.88. The van der Waals surface area contributed by atoms with E-state index in [9.17, 15) is 13.2 Å². The average Bonchev–Trinajstić information content (AvgIpc) is 2.45. The van der Waals surface area contributed by atoms with E-state index < -0.39 is 15.9 Å². The number of aromatic nitrogens is 1. The van der Waals surface area contributed by atoms with Crippen LogP contribution in [-0.2, 0) is 16.6 Å². The van der Waals surface area contributed by atoms with Crippen LogP contribution in [0, 0.1) is 0 Å². The first-order valence-electron chi connectivity index (χ1n) is 5.88. The zero-order valence-corrected chi connectivity index (χ0v) is 12.4. The molecule has 8 heteroatoms. The highest BCUT2D eigenvalue weighted by atomic mass is 35.5. The van der Waals surface area contributed by atoms with Crippen LogP contribution in [-0.4, -0.2) is 19.3 Å². The molecule has 0 spiro atoms. The molecule has 3 N–H and O–H groups in total. The number of rotatable bonds is 5. The first-order valence-corrected chi connectivity index (χ1v) is 7.74. The Kier molecular flexibility index (Phi) is 4.56. The highest BCUT2D eigenvalue weighted by Crippen LogP contribution is 2.13. The highest BCUT2D eigenvalue weighted by molar-refractivity contribution is 7.89. The molecule has 0 bridgehead atoms. The molecule has 2 rings (SSSR count). The molecule has 1 amide bonds. The fourth-order valence-corrected chi connectivity index (χ4v) is 2.92. The average molecular weight is 326 g/mol. The van der Waals surface area contributed by atoms with Crippen LogP contribution in [0.5, 0.6) is 0 Å². The minimum absolute atomic E-state index is 0.0218. The van der Waals surface area contributed by atoms with Gasteiger partial charge in [0.05, 0.1) is 4.90 Å². The Hall–Kier alpha value is -1.96. The summed E-state index contributed by atoms with van der Waals surface area (Å²) in [5, 5.41) is 0.0913. The molecule has 1 aromatic heterocycles. The Bertz CT molecular complexity index is 778. The van der Waals surface area contributed by atoms with E-state index in [2.05, 4.69) is 9.71 Å². The van der Waals surface area contributed by atoms with E-state index in [1.807, 2.05) is 0 Å². The molecule has 6 nitrogen and oxygen atoms in total. The predicted octanol–water partition coefficient (Wildman–Crippen LogP) is 1.31. The summed E-state index contributed by atoms with van der Waals surface area (Å²) in [4.78, 5) is 14.8. The maximum Gasteiger partial charge on any atom is 0.248 e. The lowest BCUT2D eigenvalue weighted by Gasteiger charge is -2.07. The van der Waals surface area contributed by atoms with Gasteiger partial charge in [-0.3, -0.25) is 4.79 Å². The smallest absolute Gasteiger partial charge is 0.248 e. The molecular formula is C13H12ClN3O3S. The number of carbonyl (C=O) groups excluding carboxylic acids is 1. The Morgan fingerprint density at radius 1 is 1.29 bits per heavy atom. The molecule has 0 saturated carbocycles. The largest absolute Gasteiger partial charge is 0.366 e. The third-order valence-electron chi connectivity index (χ3n) is 2.69. The lowest BCUT2D eigenvalue weighted by Crippen LogP contribution is -2.23. The van der Waals surface area contributed by atoms with Crippen molar-refractivity contribution >= 4 is 27.5 Å². The summed E-state index contributed by atoms with van der Waals surface area (Å²) < 4.78 is 26.6. The quantitative estimate of drug-likeness (QED) is 0.809. The maximum absolute atomic E-state index is 12.1. The number of nitrogens with two attached hydrogens (primary N) is 1. The fraction of sp³-hybridized carbons (Fsp3) is 0.0769. The van der Waals surface area contributed by atoms with Gasteiger partial charge in [0.2, 0.25) is 15.9 Å². The SMILES string of the molecule is NC(=O)c1cccc(CNS(=O)(=O)c2ccnc(Cl)c2)c1. The van der Waals surface area contributed by atoms with Gasteiger partial charge in [0, 0.05) is 18.3 Å². The van der Waals surface area contributed by atoms with Crippen LogP contribution < -0.4 is 10.5 Å². The zero-order valence-electron chi connectivity index (χ0n) is 10.8. The van der Waals surface area contributed by atoms with Crippen molar-refractivity contribution in [2.75, 3.05) is 0 Å². The van der Waals surface area contributed by atoms with Gasteiger partial charge in [-0.25, -0.2) is 18.1 Å². The molecule has 2 aromatic rings. The van der Waals surface area contributed by atoms with E-state index in [1.54, 1.807) is 18.2 Å². The molecule has 0 aliphatic carbocycles. The number of amides is 1. The number of hydrogen-bond donors (Lipinski definition) is 2. The van der Waals surface area contributed by atoms with Crippen molar-refractivity contribution in [3.8, 4) is 0 Å². The van der Waals surface area contributed by atoms with E-state index in [0.29, 0.717) is 11.1 Å². The Balaban J connectivity index is 2.15. The van der Waals surface area contributed by atoms with Crippen LogP contribution in [0.15, 0.2) is 47.5 Å². The number of halogens is 1. The van der Waals surface area contributed by atoms with Gasteiger partial charge >= 0.3 is 0 Å². The van der Waals surface area contributed by atoms with Gasteiger partial charge in [-0.2, -0.15) is 0 Å². The standard InChI is InChI=1S/C13H12ClN3O3S/c14-12-7-11(4-5-16-12)21(19,20)17-8-9-2-1-3-10(6-9)13(15)18/h1-7,17H,8H2,(H2,15,18). The van der Waals surface area contributed by atoms with Gasteiger partial charge in [-0.15, -0.1) is 0 Å². The molecule has 1 heterocycles. The summed E-state index contributed by atoms with van der Waals surface area (Å²) in [5.41, 5.74) is 6.11. The number of primary amides is 1. The van der Waals surface area contributed by atoms with Crippen LogP contribution in [0.2, 0.25) is 5.15 Å². The Labute approximate surface area is 127 Å². The lowest BCUT2D eigenvalue weighted by molar-refractivity contribution is 0.1000. The molecule has 0 aliphatic heterocycles. The van der Waals surface area contributed by atoms with Gasteiger partial charge in [-0.05, 0) is 29.8 Å². The molecule has 21 heavy (non-hydrogen) atoms. The number of pyridine rings is 1. The third kappa shape index (κ3) is 4.01. The molecule has 0 radical (unpaired) electrons. The van der Waals surface area contributed by atoms with E-state index in [0.717, 1.165) is 0 Å². The van der Waals surface area contributed by atoms with Crippen LogP contribution >= 0.6 is 11.6 Å². The number of benzene rings is 1. The molecule has 110 valence electrons. The second-order valence-electron chi connectivity index (χ2n) is 4.20. The topological polar surface area (TPSA) is 102 Å². The van der Waals surface area contributed by atoms with Crippen LogP contribution in [0.1, 0.15) is 15.9 Å². The Morgan fingerprint density at radius 3 is 2.71 bits per heavy atom. The summed E-state index contributed by atoms with van der Waals surface area (Å²) in [6.45, 7) is 0.0311. The van der Waals surface area contributed by atoms with Crippen LogP contribution in [0.4, 0.5) is 0 Å². The number of sulfonamides is 1. The van der Waals surface area contributed by atoms with Gasteiger partial charge < -0.3 is 5.73 Å². The molecule has 1 aromatic carbocycles. The van der Waals surface area contributed by atoms with Crippen molar-refractivity contribution in [2.45, 2.75) is 11.4 Å². The monoisotopic (exact) mass is 325 g/mol. The highest BCUT2D eigenvalue weighted by Gasteiger charge is 2.14. The van der Waals surface area contributed by atoms with Gasteiger partial charge in [0.25, 0.3) is 0 Å². The summed E-state index contributed by atoms with van der Waals surface area (Å²) in [6.07, 6.45) is 1.31. The number of hydrogen-bond acceptors (Lipinski definition) is 4. The van der Waals surface area contributed by atoms with E-state index in [1.165, 1.54) is 24.4 Å². The molecular weight excluding hydrogens is 314 g/mol. The third-order valence-corrected chi connectivity index (χ3v) is 4.29. The molecule has 0 fully saturated rings. The summed E-state index contributed by atoms with van der Waals surface area (Å²) in [6, 6.07) is 9.01. The second-order valence-corrected chi connectivity index (χ2v) is 6.36. The normalized spacial score (nSPS) is 11.3. The molecule has 0 unspecified atom stereocenters. The van der Waals surface area contributed by atoms with E-state index in [4.69, 9.17) is 17.3 Å². The second kappa shape index (κ2) is 6.21. The van der Waals surface area contributed by atoms with Crippen LogP contribution in [0.3, 0.4) is 0 Å². The van der Waals surface area contributed by atoms with Crippen molar-refractivity contribution in [2.24, 2.45) is 5.73 Å². The van der Waals surface area contributed by atoms with E-state index >= 15 is 0 Å². The number of carbonyl (C=O) groups is 1. The maximum atomic E-state index is 12.1. The number of nitrogens with one attached hydrogen (secondary N) is 1. The van der Waals surface area contributed by atoms with Crippen molar-refractivity contribution in [3.63, 3.8) is 0 Å². The summed E-state index contributed by atoms with van der Waals surface area (Å²) in [5.74, 6) is -0.569. The van der Waals surface area contributed by atoms with Crippen molar-refractivity contribution in [3.05, 3.63) is 58.9 Å². The lowest BCUT2D eigenvalue weighted by atomic mass is 10.1. The Morgan fingerprint density at radius 2 is 2.05 bits per heavy atom. The molecule has 0 aliphatic rings.